The largest absolute Gasteiger partial charge is 0.431 e. The maximum Gasteiger partial charge on any atom is 0.335 e. The van der Waals surface area contributed by atoms with E-state index in [1.807, 2.05) is 0 Å². The highest BCUT2D eigenvalue weighted by Gasteiger charge is 2.77. The second kappa shape index (κ2) is 9.40. The first-order chi connectivity index (χ1) is 19.5. The molecule has 5 N–H and O–H groups in total. The SMILES string of the molecule is C[C@]12CC[C@H]3[C@@H](CC[C@]4(O[C@@H]5O[C@H](CO)[C@@H](O)[C@H](O)[C@H]5O)[C@H]5O[C@H]5CC[C@]34C=O)[C@@]1(O)CC[C@@H]2c1ccc(=O)oc1. The first-order valence-corrected chi connectivity index (χ1v) is 15.0. The van der Waals surface area contributed by atoms with Gasteiger partial charge in [-0.25, -0.2) is 4.79 Å². The smallest absolute Gasteiger partial charge is 0.335 e. The molecule has 6 aliphatic rings. The fourth-order valence-corrected chi connectivity index (χ4v) is 10.1. The molecular formula is C30H40O11. The van der Waals surface area contributed by atoms with Gasteiger partial charge in [-0.1, -0.05) is 6.92 Å². The molecule has 0 aromatic carbocycles. The number of ether oxygens (including phenoxy) is 3. The predicted octanol–water partition coefficient (Wildman–Crippen LogP) is 0.376. The summed E-state index contributed by atoms with van der Waals surface area (Å²) in [6.07, 6.45) is -0.488. The number of carbonyl (C=O) groups is 1. The van der Waals surface area contributed by atoms with Crippen LogP contribution in [0.2, 0.25) is 0 Å². The molecule has 0 unspecified atom stereocenters. The molecule has 2 saturated heterocycles. The van der Waals surface area contributed by atoms with Gasteiger partial charge in [0.15, 0.2) is 6.29 Å². The average molecular weight is 577 g/mol. The zero-order valence-corrected chi connectivity index (χ0v) is 23.1. The van der Waals surface area contributed by atoms with Crippen LogP contribution in [-0.2, 0) is 19.0 Å². The molecule has 41 heavy (non-hydrogen) atoms. The van der Waals surface area contributed by atoms with E-state index in [1.165, 1.54) is 12.3 Å². The first-order valence-electron chi connectivity index (χ1n) is 15.0. The number of epoxide rings is 1. The topological polar surface area (TPSA) is 179 Å². The summed E-state index contributed by atoms with van der Waals surface area (Å²) in [5.74, 6) is -0.396. The van der Waals surface area contributed by atoms with Gasteiger partial charge in [-0.15, -0.1) is 0 Å². The van der Waals surface area contributed by atoms with Gasteiger partial charge in [-0.05, 0) is 80.8 Å². The molecule has 226 valence electrons. The minimum Gasteiger partial charge on any atom is -0.431 e. The lowest BCUT2D eigenvalue weighted by Gasteiger charge is -2.65. The highest BCUT2D eigenvalue weighted by Crippen LogP contribution is 2.73. The summed E-state index contributed by atoms with van der Waals surface area (Å²) in [5.41, 5.74) is -3.23. The Labute approximate surface area is 237 Å². The standard InChI is InChI=1S/C30H40O11/c1-27-8-4-17-18(29(27,37)10-5-16(27)15-2-3-21(33)38-13-15)6-11-30(25-19(39-25)7-9-28(17,30)14-32)41-26-24(36)23(35)22(34)20(12-31)40-26/h2-3,13-14,16-20,22-26,31,34-37H,4-12H2,1H3/t16-,17+,18-,19+,20-,22-,23+,24-,25+,26+,27-,28+,29+,30+/m1/s1. The minimum atomic E-state index is -1.60. The Kier molecular flexibility index (Phi) is 6.44. The Balaban J connectivity index is 1.24. The number of fused-ring (bicyclic) bond motifs is 7. The van der Waals surface area contributed by atoms with Crippen LogP contribution in [0.15, 0.2) is 27.6 Å². The normalized spacial score (nSPS) is 53.9. The molecule has 0 bridgehead atoms. The maximum absolute atomic E-state index is 13.4. The predicted molar refractivity (Wildman–Crippen MR) is 139 cm³/mol. The van der Waals surface area contributed by atoms with Crippen LogP contribution in [-0.4, -0.2) is 92.5 Å². The van der Waals surface area contributed by atoms with Gasteiger partial charge in [0.2, 0.25) is 0 Å². The van der Waals surface area contributed by atoms with E-state index in [-0.39, 0.29) is 23.9 Å². The van der Waals surface area contributed by atoms with Crippen molar-refractivity contribution < 1.29 is 49.0 Å². The van der Waals surface area contributed by atoms with Gasteiger partial charge < -0.3 is 49.0 Å². The van der Waals surface area contributed by atoms with Gasteiger partial charge in [0, 0.05) is 11.5 Å². The molecule has 11 heteroatoms. The third-order valence-corrected chi connectivity index (χ3v) is 12.3. The summed E-state index contributed by atoms with van der Waals surface area (Å²) < 4.78 is 23.6. The lowest BCUT2D eigenvalue weighted by atomic mass is 9.41. The summed E-state index contributed by atoms with van der Waals surface area (Å²) in [4.78, 5) is 25.0. The molecular weight excluding hydrogens is 536 g/mol. The highest BCUT2D eigenvalue weighted by molar-refractivity contribution is 5.65. The van der Waals surface area contributed by atoms with E-state index in [9.17, 15) is 35.1 Å². The van der Waals surface area contributed by atoms with Crippen LogP contribution in [0, 0.1) is 22.7 Å². The third-order valence-electron chi connectivity index (χ3n) is 12.3. The van der Waals surface area contributed by atoms with Gasteiger partial charge in [0.05, 0.1) is 30.0 Å². The lowest BCUT2D eigenvalue weighted by Crippen LogP contribution is -2.72. The average Bonchev–Trinajstić information content (AvgIpc) is 3.72. The van der Waals surface area contributed by atoms with E-state index in [0.717, 1.165) is 18.3 Å². The van der Waals surface area contributed by atoms with Crippen molar-refractivity contribution in [3.8, 4) is 0 Å². The third kappa shape index (κ3) is 3.61. The fraction of sp³-hybridized carbons (Fsp3) is 0.800. The molecule has 3 heterocycles. The van der Waals surface area contributed by atoms with Crippen molar-refractivity contribution in [1.82, 2.24) is 0 Å². The number of aliphatic hydroxyl groups excluding tert-OH is 4. The quantitative estimate of drug-likeness (QED) is 0.186. The summed E-state index contributed by atoms with van der Waals surface area (Å²) in [5, 5.41) is 53.9. The van der Waals surface area contributed by atoms with E-state index < -0.39 is 71.1 Å². The van der Waals surface area contributed by atoms with Crippen molar-refractivity contribution in [2.75, 3.05) is 6.61 Å². The number of rotatable bonds is 5. The van der Waals surface area contributed by atoms with Crippen molar-refractivity contribution in [2.24, 2.45) is 22.7 Å². The molecule has 7 rings (SSSR count). The molecule has 14 atom stereocenters. The molecule has 11 nitrogen and oxygen atoms in total. The Hall–Kier alpha value is -1.70. The van der Waals surface area contributed by atoms with E-state index >= 15 is 0 Å². The molecule has 4 aliphatic carbocycles. The van der Waals surface area contributed by atoms with Crippen molar-refractivity contribution in [2.45, 2.75) is 118 Å². The van der Waals surface area contributed by atoms with Gasteiger partial charge >= 0.3 is 5.63 Å². The second-order valence-corrected chi connectivity index (χ2v) is 13.6. The van der Waals surface area contributed by atoms with Crippen molar-refractivity contribution in [3.63, 3.8) is 0 Å². The number of hydrogen-bond acceptors (Lipinski definition) is 11. The van der Waals surface area contributed by atoms with Crippen LogP contribution < -0.4 is 5.63 Å². The Morgan fingerprint density at radius 2 is 1.76 bits per heavy atom. The monoisotopic (exact) mass is 576 g/mol. The lowest BCUT2D eigenvalue weighted by molar-refractivity contribution is -0.356. The summed E-state index contributed by atoms with van der Waals surface area (Å²) in [6.45, 7) is 1.54. The van der Waals surface area contributed by atoms with Crippen molar-refractivity contribution in [1.29, 1.82) is 0 Å². The van der Waals surface area contributed by atoms with Gasteiger partial charge in [0.1, 0.15) is 42.4 Å². The van der Waals surface area contributed by atoms with Crippen LogP contribution >= 0.6 is 0 Å². The zero-order valence-electron chi connectivity index (χ0n) is 23.1. The zero-order chi connectivity index (χ0) is 28.9. The van der Waals surface area contributed by atoms with E-state index in [4.69, 9.17) is 18.6 Å². The molecule has 0 radical (unpaired) electrons. The van der Waals surface area contributed by atoms with Crippen LogP contribution in [0.1, 0.15) is 69.8 Å². The second-order valence-electron chi connectivity index (χ2n) is 13.6. The summed E-state index contributed by atoms with van der Waals surface area (Å²) in [6, 6.07) is 3.21. The van der Waals surface area contributed by atoms with Gasteiger partial charge in [-0.3, -0.25) is 0 Å². The highest BCUT2D eigenvalue weighted by atomic mass is 16.7. The summed E-state index contributed by atoms with van der Waals surface area (Å²) in [7, 11) is 0. The van der Waals surface area contributed by atoms with Crippen LogP contribution in [0.4, 0.5) is 0 Å². The van der Waals surface area contributed by atoms with Crippen LogP contribution in [0.5, 0.6) is 0 Å². The van der Waals surface area contributed by atoms with Crippen molar-refractivity contribution in [3.05, 3.63) is 34.4 Å². The molecule has 4 saturated carbocycles. The number of aliphatic hydroxyl groups is 5. The van der Waals surface area contributed by atoms with E-state index in [2.05, 4.69) is 6.92 Å². The molecule has 0 amide bonds. The Morgan fingerprint density at radius 3 is 2.46 bits per heavy atom. The molecule has 6 fully saturated rings. The van der Waals surface area contributed by atoms with E-state index in [0.29, 0.717) is 44.9 Å². The molecule has 2 aliphatic heterocycles. The Bertz CT molecular complexity index is 1230. The Morgan fingerprint density at radius 1 is 0.976 bits per heavy atom. The van der Waals surface area contributed by atoms with Gasteiger partial charge in [0.25, 0.3) is 0 Å². The number of hydrogen-bond donors (Lipinski definition) is 5. The molecule has 1 aromatic rings. The maximum atomic E-state index is 13.4. The minimum absolute atomic E-state index is 0.00420. The molecule has 1 aromatic heterocycles. The van der Waals surface area contributed by atoms with Crippen LogP contribution in [0.3, 0.4) is 0 Å². The number of carbonyl (C=O) groups excluding carboxylic acids is 1. The van der Waals surface area contributed by atoms with E-state index in [1.54, 1.807) is 6.07 Å². The number of aldehydes is 1. The van der Waals surface area contributed by atoms with Gasteiger partial charge in [-0.2, -0.15) is 0 Å². The first kappa shape index (κ1) is 28.1. The van der Waals surface area contributed by atoms with Crippen LogP contribution in [0.25, 0.3) is 0 Å². The molecule has 0 spiro atoms. The summed E-state index contributed by atoms with van der Waals surface area (Å²) >= 11 is 0. The fourth-order valence-electron chi connectivity index (χ4n) is 10.1. The van der Waals surface area contributed by atoms with Crippen molar-refractivity contribution >= 4 is 6.29 Å².